The molecule has 0 aromatic heterocycles. The van der Waals surface area contributed by atoms with Crippen LogP contribution in [0.15, 0.2) is 24.3 Å². The number of fused-ring (bicyclic) bond motifs is 1. The topological polar surface area (TPSA) is 55.6 Å². The fourth-order valence-electron chi connectivity index (χ4n) is 3.28. The molecule has 1 aromatic rings. The number of amides is 1. The van der Waals surface area contributed by atoms with Crippen LogP contribution in [0, 0.1) is 0 Å². The van der Waals surface area contributed by atoms with E-state index in [1.807, 2.05) is 29.2 Å². The van der Waals surface area contributed by atoms with Gasteiger partial charge in [-0.15, -0.1) is 0 Å². The molecule has 1 aromatic carbocycles. The van der Waals surface area contributed by atoms with Crippen LogP contribution in [0.1, 0.15) is 31.2 Å². The van der Waals surface area contributed by atoms with Crippen molar-refractivity contribution in [3.63, 3.8) is 0 Å². The minimum absolute atomic E-state index is 0.153. The molecule has 0 spiro atoms. The second-order valence-corrected chi connectivity index (χ2v) is 5.68. The molecule has 1 fully saturated rings. The lowest BCUT2D eigenvalue weighted by atomic mass is 10.1. The zero-order chi connectivity index (χ0) is 13.9. The third-order valence-corrected chi connectivity index (χ3v) is 4.32. The molecule has 2 unspecified atom stereocenters. The van der Waals surface area contributed by atoms with Crippen molar-refractivity contribution in [3.8, 4) is 5.75 Å². The molecule has 108 valence electrons. The molecule has 2 aliphatic heterocycles. The van der Waals surface area contributed by atoms with Crippen molar-refractivity contribution in [3.05, 3.63) is 29.8 Å². The maximum absolute atomic E-state index is 12.7. The predicted molar refractivity (Wildman–Crippen MR) is 77.6 cm³/mol. The van der Waals surface area contributed by atoms with Crippen LogP contribution in [0.4, 0.5) is 0 Å². The van der Waals surface area contributed by atoms with Crippen molar-refractivity contribution < 1.29 is 9.53 Å². The first-order valence-electron chi connectivity index (χ1n) is 7.54. The number of hydrogen-bond acceptors (Lipinski definition) is 3. The molecule has 1 amide bonds. The van der Waals surface area contributed by atoms with Gasteiger partial charge in [-0.25, -0.2) is 0 Å². The number of nitrogens with zero attached hydrogens (tertiary/aromatic N) is 1. The van der Waals surface area contributed by atoms with Gasteiger partial charge in [0.25, 0.3) is 5.91 Å². The molecule has 2 atom stereocenters. The number of likely N-dealkylation sites (tertiary alicyclic amines) is 1. The van der Waals surface area contributed by atoms with Gasteiger partial charge in [-0.05, 0) is 43.9 Å². The molecule has 0 radical (unpaired) electrons. The lowest BCUT2D eigenvalue weighted by molar-refractivity contribution is -0.138. The van der Waals surface area contributed by atoms with E-state index < -0.39 is 0 Å². The lowest BCUT2D eigenvalue weighted by Gasteiger charge is -2.27. The molecule has 0 saturated carbocycles. The SMILES string of the molecule is NCCCC1CCCN1C(=O)C1Cc2ccccc2O1. The first-order chi connectivity index (χ1) is 9.79. The van der Waals surface area contributed by atoms with Gasteiger partial charge >= 0.3 is 0 Å². The number of carbonyl (C=O) groups is 1. The van der Waals surface area contributed by atoms with Crippen LogP contribution in [-0.4, -0.2) is 36.0 Å². The summed E-state index contributed by atoms with van der Waals surface area (Å²) in [6.45, 7) is 1.56. The Morgan fingerprint density at radius 2 is 2.25 bits per heavy atom. The fraction of sp³-hybridized carbons (Fsp3) is 0.562. The Balaban J connectivity index is 1.65. The molecule has 4 heteroatoms. The van der Waals surface area contributed by atoms with E-state index in [1.165, 1.54) is 0 Å². The molecule has 20 heavy (non-hydrogen) atoms. The summed E-state index contributed by atoms with van der Waals surface area (Å²) in [5, 5.41) is 0. The molecular formula is C16H22N2O2. The monoisotopic (exact) mass is 274 g/mol. The summed E-state index contributed by atoms with van der Waals surface area (Å²) in [4.78, 5) is 14.7. The number of hydrogen-bond donors (Lipinski definition) is 1. The lowest BCUT2D eigenvalue weighted by Crippen LogP contribution is -2.44. The van der Waals surface area contributed by atoms with Gasteiger partial charge in [0.05, 0.1) is 0 Å². The van der Waals surface area contributed by atoms with Crippen LogP contribution < -0.4 is 10.5 Å². The average molecular weight is 274 g/mol. The Labute approximate surface area is 119 Å². The minimum Gasteiger partial charge on any atom is -0.480 e. The first-order valence-corrected chi connectivity index (χ1v) is 7.54. The first kappa shape index (κ1) is 13.4. The van der Waals surface area contributed by atoms with Crippen molar-refractivity contribution in [2.75, 3.05) is 13.1 Å². The van der Waals surface area contributed by atoms with Crippen LogP contribution in [0.3, 0.4) is 0 Å². The maximum Gasteiger partial charge on any atom is 0.264 e. The van der Waals surface area contributed by atoms with Gasteiger partial charge in [0.1, 0.15) is 5.75 Å². The Hall–Kier alpha value is -1.55. The molecule has 0 bridgehead atoms. The van der Waals surface area contributed by atoms with Gasteiger partial charge < -0.3 is 15.4 Å². The van der Waals surface area contributed by atoms with Gasteiger partial charge in [-0.1, -0.05) is 18.2 Å². The van der Waals surface area contributed by atoms with Crippen molar-refractivity contribution in [1.82, 2.24) is 4.90 Å². The maximum atomic E-state index is 12.7. The highest BCUT2D eigenvalue weighted by molar-refractivity contribution is 5.83. The Morgan fingerprint density at radius 3 is 3.05 bits per heavy atom. The van der Waals surface area contributed by atoms with Crippen LogP contribution in [0.2, 0.25) is 0 Å². The quantitative estimate of drug-likeness (QED) is 0.909. The second-order valence-electron chi connectivity index (χ2n) is 5.68. The number of ether oxygens (including phenoxy) is 1. The van der Waals surface area contributed by atoms with Gasteiger partial charge in [-0.2, -0.15) is 0 Å². The Bertz CT molecular complexity index is 464. The van der Waals surface area contributed by atoms with Crippen LogP contribution >= 0.6 is 0 Å². The summed E-state index contributed by atoms with van der Waals surface area (Å²) in [6.07, 6.45) is 4.58. The smallest absolute Gasteiger partial charge is 0.264 e. The molecule has 1 saturated heterocycles. The summed E-state index contributed by atoms with van der Waals surface area (Å²) >= 11 is 0. The predicted octanol–water partition coefficient (Wildman–Crippen LogP) is 1.72. The van der Waals surface area contributed by atoms with E-state index in [-0.39, 0.29) is 12.0 Å². The summed E-state index contributed by atoms with van der Waals surface area (Å²) in [6, 6.07) is 8.29. The standard InChI is InChI=1S/C16H22N2O2/c17-9-3-6-13-7-4-10-18(13)16(19)15-11-12-5-1-2-8-14(12)20-15/h1-2,5,8,13,15H,3-4,6-7,9-11,17H2. The van der Waals surface area contributed by atoms with Crippen molar-refractivity contribution in [1.29, 1.82) is 0 Å². The molecule has 0 aliphatic carbocycles. The third-order valence-electron chi connectivity index (χ3n) is 4.32. The van der Waals surface area contributed by atoms with E-state index in [1.54, 1.807) is 0 Å². The molecular weight excluding hydrogens is 252 g/mol. The van der Waals surface area contributed by atoms with Crippen LogP contribution in [0.5, 0.6) is 5.75 Å². The van der Waals surface area contributed by atoms with E-state index in [2.05, 4.69) is 0 Å². The zero-order valence-electron chi connectivity index (χ0n) is 11.8. The van der Waals surface area contributed by atoms with E-state index >= 15 is 0 Å². The highest BCUT2D eigenvalue weighted by Gasteiger charge is 2.36. The van der Waals surface area contributed by atoms with Crippen molar-refractivity contribution in [2.45, 2.75) is 44.2 Å². The third kappa shape index (κ3) is 2.52. The summed E-state index contributed by atoms with van der Waals surface area (Å²) < 4.78 is 5.82. The highest BCUT2D eigenvalue weighted by Crippen LogP contribution is 2.31. The van der Waals surface area contributed by atoms with Crippen molar-refractivity contribution >= 4 is 5.91 Å². The summed E-state index contributed by atoms with van der Waals surface area (Å²) in [5.74, 6) is 1.02. The molecule has 4 nitrogen and oxygen atoms in total. The van der Waals surface area contributed by atoms with Crippen molar-refractivity contribution in [2.24, 2.45) is 5.73 Å². The fourth-order valence-corrected chi connectivity index (χ4v) is 3.28. The normalized spacial score (nSPS) is 24.6. The van der Waals surface area contributed by atoms with Gasteiger partial charge in [0.15, 0.2) is 6.10 Å². The average Bonchev–Trinajstić information content (AvgIpc) is 3.10. The van der Waals surface area contributed by atoms with E-state index in [0.29, 0.717) is 19.0 Å². The van der Waals surface area contributed by atoms with Crippen LogP contribution in [0.25, 0.3) is 0 Å². The summed E-state index contributed by atoms with van der Waals surface area (Å²) in [7, 11) is 0. The number of nitrogens with two attached hydrogens (primary N) is 1. The number of rotatable bonds is 4. The molecule has 2 N–H and O–H groups in total. The zero-order valence-corrected chi connectivity index (χ0v) is 11.8. The number of para-hydroxylation sites is 1. The highest BCUT2D eigenvalue weighted by atomic mass is 16.5. The molecule has 3 rings (SSSR count). The molecule has 2 aliphatic rings. The minimum atomic E-state index is -0.328. The molecule has 2 heterocycles. The van der Waals surface area contributed by atoms with E-state index in [9.17, 15) is 4.79 Å². The van der Waals surface area contributed by atoms with Gasteiger partial charge in [0.2, 0.25) is 0 Å². The number of benzene rings is 1. The largest absolute Gasteiger partial charge is 0.480 e. The van der Waals surface area contributed by atoms with Gasteiger partial charge in [-0.3, -0.25) is 4.79 Å². The van der Waals surface area contributed by atoms with E-state index in [4.69, 9.17) is 10.5 Å². The Morgan fingerprint density at radius 1 is 1.40 bits per heavy atom. The van der Waals surface area contributed by atoms with E-state index in [0.717, 1.165) is 43.5 Å². The second kappa shape index (κ2) is 5.83. The Kier molecular flexibility index (Phi) is 3.92. The number of carbonyl (C=O) groups excluding carboxylic acids is 1. The van der Waals surface area contributed by atoms with Crippen LogP contribution in [-0.2, 0) is 11.2 Å². The summed E-state index contributed by atoms with van der Waals surface area (Å²) in [5.41, 5.74) is 6.72. The van der Waals surface area contributed by atoms with Gasteiger partial charge in [0, 0.05) is 19.0 Å².